The van der Waals surface area contributed by atoms with E-state index < -0.39 is 42.2 Å². The highest BCUT2D eigenvalue weighted by Crippen LogP contribution is 2.26. The van der Waals surface area contributed by atoms with Crippen LogP contribution in [0, 0.1) is 5.92 Å². The first-order valence-corrected chi connectivity index (χ1v) is 10.8. The summed E-state index contributed by atoms with van der Waals surface area (Å²) in [5.41, 5.74) is -0.370. The quantitative estimate of drug-likeness (QED) is 0.456. The summed E-state index contributed by atoms with van der Waals surface area (Å²) >= 11 is 0. The number of amides is 3. The summed E-state index contributed by atoms with van der Waals surface area (Å²) in [5, 5.41) is 25.0. The van der Waals surface area contributed by atoms with Crippen molar-refractivity contribution in [3.8, 4) is 5.75 Å². The third kappa shape index (κ3) is 8.37. The van der Waals surface area contributed by atoms with E-state index in [0.29, 0.717) is 5.56 Å². The standard InChI is InChI=1S/C23H37N3O6/c1-14(2)18(25-22(31)32-23(5,6)7)21(30)26(11-12-27)19(20(29)24-15(3)4)16-9-8-10-17(28)13-16/h8-10,13-15,18-19,27-28H,11-12H2,1-7H3,(H,24,29)(H,25,31). The first kappa shape index (κ1) is 27.2. The molecule has 0 radical (unpaired) electrons. The van der Waals surface area contributed by atoms with Gasteiger partial charge in [-0.2, -0.15) is 0 Å². The predicted octanol–water partition coefficient (Wildman–Crippen LogP) is 2.33. The molecule has 2 atom stereocenters. The van der Waals surface area contributed by atoms with Crippen LogP contribution in [-0.4, -0.2) is 63.9 Å². The molecule has 1 rings (SSSR count). The molecule has 9 nitrogen and oxygen atoms in total. The van der Waals surface area contributed by atoms with Crippen LogP contribution in [0.4, 0.5) is 4.79 Å². The lowest BCUT2D eigenvalue weighted by Crippen LogP contribution is -2.55. The molecule has 3 amide bonds. The normalized spacial score (nSPS) is 13.4. The van der Waals surface area contributed by atoms with Gasteiger partial charge < -0.3 is 30.5 Å². The average Bonchev–Trinajstić information content (AvgIpc) is 2.63. The number of hydrogen-bond acceptors (Lipinski definition) is 6. The van der Waals surface area contributed by atoms with Gasteiger partial charge in [-0.15, -0.1) is 0 Å². The van der Waals surface area contributed by atoms with E-state index in [-0.39, 0.29) is 24.3 Å². The molecule has 180 valence electrons. The highest BCUT2D eigenvalue weighted by Gasteiger charge is 2.37. The van der Waals surface area contributed by atoms with Crippen molar-refractivity contribution in [3.05, 3.63) is 29.8 Å². The Hall–Kier alpha value is -2.81. The molecular formula is C23H37N3O6. The molecule has 9 heteroatoms. The number of aromatic hydroxyl groups is 1. The second kappa shape index (κ2) is 11.7. The van der Waals surface area contributed by atoms with Gasteiger partial charge in [-0.25, -0.2) is 4.79 Å². The van der Waals surface area contributed by atoms with Crippen molar-refractivity contribution in [1.29, 1.82) is 0 Å². The second-order valence-electron chi connectivity index (χ2n) is 9.28. The maximum Gasteiger partial charge on any atom is 0.408 e. The molecule has 0 aromatic heterocycles. The van der Waals surface area contributed by atoms with Gasteiger partial charge in [0.1, 0.15) is 23.4 Å². The van der Waals surface area contributed by atoms with Gasteiger partial charge in [0, 0.05) is 12.6 Å². The maximum absolute atomic E-state index is 13.6. The Kier molecular flexibility index (Phi) is 9.96. The number of phenolic OH excluding ortho intramolecular Hbond substituents is 1. The summed E-state index contributed by atoms with van der Waals surface area (Å²) in [6.45, 7) is 11.7. The minimum atomic E-state index is -1.12. The monoisotopic (exact) mass is 451 g/mol. The SMILES string of the molecule is CC(C)NC(=O)C(c1cccc(O)c1)N(CCO)C(=O)C(NC(=O)OC(C)(C)C)C(C)C. The van der Waals surface area contributed by atoms with Gasteiger partial charge in [-0.1, -0.05) is 26.0 Å². The number of alkyl carbamates (subject to hydrolysis) is 1. The summed E-state index contributed by atoms with van der Waals surface area (Å²) in [5.74, 6) is -1.40. The third-order valence-electron chi connectivity index (χ3n) is 4.41. The first-order valence-electron chi connectivity index (χ1n) is 10.8. The average molecular weight is 452 g/mol. The Balaban J connectivity index is 3.38. The number of phenols is 1. The number of aliphatic hydroxyl groups excluding tert-OH is 1. The van der Waals surface area contributed by atoms with E-state index in [1.165, 1.54) is 17.0 Å². The topological polar surface area (TPSA) is 128 Å². The van der Waals surface area contributed by atoms with Crippen LogP contribution in [-0.2, 0) is 14.3 Å². The Bertz CT molecular complexity index is 788. The van der Waals surface area contributed by atoms with Crippen LogP contribution in [0.1, 0.15) is 60.1 Å². The van der Waals surface area contributed by atoms with Crippen molar-refractivity contribution in [3.63, 3.8) is 0 Å². The predicted molar refractivity (Wildman–Crippen MR) is 121 cm³/mol. The van der Waals surface area contributed by atoms with Gasteiger partial charge >= 0.3 is 6.09 Å². The zero-order chi connectivity index (χ0) is 24.6. The Labute approximate surface area is 190 Å². The minimum Gasteiger partial charge on any atom is -0.508 e. The van der Waals surface area contributed by atoms with Crippen LogP contribution in [0.2, 0.25) is 0 Å². The summed E-state index contributed by atoms with van der Waals surface area (Å²) in [6.07, 6.45) is -0.756. The maximum atomic E-state index is 13.6. The molecule has 0 saturated carbocycles. The third-order valence-corrected chi connectivity index (χ3v) is 4.41. The molecule has 4 N–H and O–H groups in total. The lowest BCUT2D eigenvalue weighted by molar-refractivity contribution is -0.144. The van der Waals surface area contributed by atoms with E-state index in [9.17, 15) is 24.6 Å². The molecule has 1 aromatic carbocycles. The molecule has 32 heavy (non-hydrogen) atoms. The van der Waals surface area contributed by atoms with Crippen LogP contribution >= 0.6 is 0 Å². The number of aliphatic hydroxyl groups is 1. The van der Waals surface area contributed by atoms with Crippen molar-refractivity contribution < 1.29 is 29.3 Å². The lowest BCUT2D eigenvalue weighted by Gasteiger charge is -2.35. The molecule has 0 heterocycles. The van der Waals surface area contributed by atoms with E-state index in [1.807, 2.05) is 0 Å². The zero-order valence-corrected chi connectivity index (χ0v) is 20.0. The molecule has 0 aliphatic rings. The van der Waals surface area contributed by atoms with Gasteiger partial charge in [-0.3, -0.25) is 9.59 Å². The van der Waals surface area contributed by atoms with Gasteiger partial charge in [0.15, 0.2) is 0 Å². The Morgan fingerprint density at radius 2 is 1.72 bits per heavy atom. The molecule has 0 bridgehead atoms. The van der Waals surface area contributed by atoms with Crippen LogP contribution in [0.5, 0.6) is 5.75 Å². The number of carbonyl (C=O) groups is 3. The Morgan fingerprint density at radius 1 is 1.09 bits per heavy atom. The van der Waals surface area contributed by atoms with Gasteiger partial charge in [-0.05, 0) is 58.2 Å². The molecule has 0 saturated heterocycles. The van der Waals surface area contributed by atoms with Crippen LogP contribution < -0.4 is 10.6 Å². The van der Waals surface area contributed by atoms with Gasteiger partial charge in [0.2, 0.25) is 11.8 Å². The van der Waals surface area contributed by atoms with Crippen LogP contribution in [0.15, 0.2) is 24.3 Å². The minimum absolute atomic E-state index is 0.0615. The Morgan fingerprint density at radius 3 is 2.19 bits per heavy atom. The van der Waals surface area contributed by atoms with E-state index in [2.05, 4.69) is 10.6 Å². The van der Waals surface area contributed by atoms with E-state index in [4.69, 9.17) is 4.74 Å². The van der Waals surface area contributed by atoms with Gasteiger partial charge in [0.05, 0.1) is 6.61 Å². The van der Waals surface area contributed by atoms with Crippen molar-refractivity contribution in [1.82, 2.24) is 15.5 Å². The summed E-state index contributed by atoms with van der Waals surface area (Å²) < 4.78 is 5.29. The van der Waals surface area contributed by atoms with Gasteiger partial charge in [0.25, 0.3) is 0 Å². The molecular weight excluding hydrogens is 414 g/mol. The smallest absolute Gasteiger partial charge is 0.408 e. The number of nitrogens with zero attached hydrogens (tertiary/aromatic N) is 1. The van der Waals surface area contributed by atoms with Crippen molar-refractivity contribution in [2.45, 2.75) is 72.2 Å². The zero-order valence-electron chi connectivity index (χ0n) is 20.0. The molecule has 0 spiro atoms. The highest BCUT2D eigenvalue weighted by atomic mass is 16.6. The molecule has 2 unspecified atom stereocenters. The van der Waals surface area contributed by atoms with Crippen LogP contribution in [0.25, 0.3) is 0 Å². The molecule has 0 fully saturated rings. The summed E-state index contributed by atoms with van der Waals surface area (Å²) in [4.78, 5) is 40.2. The second-order valence-corrected chi connectivity index (χ2v) is 9.28. The fourth-order valence-electron chi connectivity index (χ4n) is 3.13. The van der Waals surface area contributed by atoms with E-state index in [0.717, 1.165) is 0 Å². The number of ether oxygens (including phenoxy) is 1. The van der Waals surface area contributed by atoms with Crippen LogP contribution in [0.3, 0.4) is 0 Å². The number of hydrogen-bond donors (Lipinski definition) is 4. The fraction of sp³-hybridized carbons (Fsp3) is 0.609. The van der Waals surface area contributed by atoms with Crippen molar-refractivity contribution >= 4 is 17.9 Å². The number of rotatable bonds is 9. The molecule has 0 aliphatic carbocycles. The largest absolute Gasteiger partial charge is 0.508 e. The lowest BCUT2D eigenvalue weighted by atomic mass is 9.98. The number of benzene rings is 1. The number of nitrogens with one attached hydrogen (secondary N) is 2. The summed E-state index contributed by atoms with van der Waals surface area (Å²) in [6, 6.07) is 3.73. The first-order chi connectivity index (χ1) is 14.8. The molecule has 0 aliphatic heterocycles. The van der Waals surface area contributed by atoms with Crippen molar-refractivity contribution in [2.24, 2.45) is 5.92 Å². The molecule has 1 aromatic rings. The number of carbonyl (C=O) groups excluding carboxylic acids is 3. The van der Waals surface area contributed by atoms with E-state index in [1.54, 1.807) is 60.6 Å². The fourth-order valence-corrected chi connectivity index (χ4v) is 3.13. The van der Waals surface area contributed by atoms with Crippen molar-refractivity contribution in [2.75, 3.05) is 13.2 Å². The summed E-state index contributed by atoms with van der Waals surface area (Å²) in [7, 11) is 0. The highest BCUT2D eigenvalue weighted by molar-refractivity contribution is 5.92. The van der Waals surface area contributed by atoms with E-state index >= 15 is 0 Å².